The number of aryl methyl sites for hydroxylation is 1. The van der Waals surface area contributed by atoms with Crippen LogP contribution in [0.1, 0.15) is 33.3 Å². The molecule has 2 heterocycles. The average Bonchev–Trinajstić information content (AvgIpc) is 2.67. The molecule has 5 nitrogen and oxygen atoms in total. The number of rotatable bonds is 3. The predicted molar refractivity (Wildman–Crippen MR) is 96.9 cm³/mol. The number of pyridine rings is 1. The Labute approximate surface area is 152 Å². The molecular formula is C19H20ClN3O2. The summed E-state index contributed by atoms with van der Waals surface area (Å²) >= 11 is 5.80. The highest BCUT2D eigenvalue weighted by atomic mass is 35.5. The van der Waals surface area contributed by atoms with Crippen molar-refractivity contribution < 1.29 is 9.59 Å². The van der Waals surface area contributed by atoms with E-state index in [1.54, 1.807) is 21.9 Å². The Kier molecular flexibility index (Phi) is 5.34. The Hall–Kier alpha value is -2.40. The molecule has 3 rings (SSSR count). The summed E-state index contributed by atoms with van der Waals surface area (Å²) in [6, 6.07) is 11.0. The number of aromatic nitrogens is 1. The van der Waals surface area contributed by atoms with E-state index in [2.05, 4.69) is 11.9 Å². The number of nitrogens with zero attached hydrogens (tertiary/aromatic N) is 3. The van der Waals surface area contributed by atoms with Gasteiger partial charge in [0.05, 0.1) is 5.02 Å². The van der Waals surface area contributed by atoms with Crippen molar-refractivity contribution in [1.29, 1.82) is 0 Å². The van der Waals surface area contributed by atoms with Gasteiger partial charge in [0, 0.05) is 37.9 Å². The first kappa shape index (κ1) is 17.4. The van der Waals surface area contributed by atoms with Crippen LogP contribution in [0.5, 0.6) is 0 Å². The Morgan fingerprint density at radius 3 is 2.08 bits per heavy atom. The molecule has 6 heteroatoms. The zero-order valence-corrected chi connectivity index (χ0v) is 14.9. The topological polar surface area (TPSA) is 53.5 Å². The minimum Gasteiger partial charge on any atom is -0.335 e. The summed E-state index contributed by atoms with van der Waals surface area (Å²) in [5.74, 6) is -0.115. The van der Waals surface area contributed by atoms with Gasteiger partial charge in [-0.25, -0.2) is 4.98 Å². The number of piperazine rings is 1. The molecule has 0 N–H and O–H groups in total. The van der Waals surface area contributed by atoms with Crippen molar-refractivity contribution in [3.63, 3.8) is 0 Å². The van der Waals surface area contributed by atoms with Crippen molar-refractivity contribution in [3.8, 4) is 0 Å². The van der Waals surface area contributed by atoms with Crippen LogP contribution in [-0.2, 0) is 6.42 Å². The molecule has 2 amide bonds. The van der Waals surface area contributed by atoms with E-state index in [9.17, 15) is 9.59 Å². The lowest BCUT2D eigenvalue weighted by molar-refractivity contribution is 0.0532. The summed E-state index contributed by atoms with van der Waals surface area (Å²) in [6.07, 6.45) is 2.42. The second kappa shape index (κ2) is 7.66. The number of halogens is 1. The van der Waals surface area contributed by atoms with E-state index >= 15 is 0 Å². The van der Waals surface area contributed by atoms with Gasteiger partial charge in [-0.05, 0) is 36.2 Å². The molecule has 0 unspecified atom stereocenters. The maximum Gasteiger partial charge on any atom is 0.272 e. The van der Waals surface area contributed by atoms with Gasteiger partial charge in [0.25, 0.3) is 11.8 Å². The van der Waals surface area contributed by atoms with E-state index in [1.807, 2.05) is 24.3 Å². The molecule has 130 valence electrons. The standard InChI is InChI=1S/C19H20ClN3O2/c1-2-14-3-5-15(6-4-14)18(24)22-9-11-23(12-10-22)19(25)17-8-7-16(20)13-21-17/h3-8,13H,2,9-12H2,1H3. The number of carbonyl (C=O) groups excluding carboxylic acids is 2. The van der Waals surface area contributed by atoms with Crippen LogP contribution in [-0.4, -0.2) is 52.8 Å². The third-order valence-electron chi connectivity index (χ3n) is 4.41. The molecule has 1 aromatic heterocycles. The highest BCUT2D eigenvalue weighted by Crippen LogP contribution is 2.13. The van der Waals surface area contributed by atoms with Gasteiger partial charge < -0.3 is 9.80 Å². The minimum absolute atomic E-state index is 0.0133. The first-order chi connectivity index (χ1) is 12.1. The van der Waals surface area contributed by atoms with Gasteiger partial charge in [0.1, 0.15) is 5.69 Å². The van der Waals surface area contributed by atoms with Crippen LogP contribution in [0.15, 0.2) is 42.6 Å². The largest absolute Gasteiger partial charge is 0.335 e. The summed E-state index contributed by atoms with van der Waals surface area (Å²) < 4.78 is 0. The van der Waals surface area contributed by atoms with Crippen LogP contribution >= 0.6 is 11.6 Å². The molecule has 1 aromatic carbocycles. The van der Waals surface area contributed by atoms with Gasteiger partial charge in [-0.15, -0.1) is 0 Å². The quantitative estimate of drug-likeness (QED) is 0.848. The van der Waals surface area contributed by atoms with Crippen LogP contribution in [0, 0.1) is 0 Å². The van der Waals surface area contributed by atoms with E-state index < -0.39 is 0 Å². The Bertz CT molecular complexity index is 751. The first-order valence-electron chi connectivity index (χ1n) is 8.37. The normalized spacial score (nSPS) is 14.5. The maximum absolute atomic E-state index is 12.6. The van der Waals surface area contributed by atoms with E-state index in [4.69, 9.17) is 11.6 Å². The molecule has 1 fully saturated rings. The molecule has 1 saturated heterocycles. The molecular weight excluding hydrogens is 338 g/mol. The summed E-state index contributed by atoms with van der Waals surface area (Å²) in [5, 5.41) is 0.501. The number of hydrogen-bond acceptors (Lipinski definition) is 3. The van der Waals surface area contributed by atoms with Crippen LogP contribution in [0.25, 0.3) is 0 Å². The monoisotopic (exact) mass is 357 g/mol. The summed E-state index contributed by atoms with van der Waals surface area (Å²) in [5.41, 5.74) is 2.28. The summed E-state index contributed by atoms with van der Waals surface area (Å²) in [4.78, 5) is 32.6. The first-order valence-corrected chi connectivity index (χ1v) is 8.75. The lowest BCUT2D eigenvalue weighted by Crippen LogP contribution is -2.50. The molecule has 0 radical (unpaired) electrons. The smallest absolute Gasteiger partial charge is 0.272 e. The highest BCUT2D eigenvalue weighted by molar-refractivity contribution is 6.30. The Morgan fingerprint density at radius 2 is 1.56 bits per heavy atom. The molecule has 0 saturated carbocycles. The van der Waals surface area contributed by atoms with Gasteiger partial charge in [0.2, 0.25) is 0 Å². The molecule has 0 aliphatic carbocycles. The fraction of sp³-hybridized carbons (Fsp3) is 0.316. The second-order valence-corrected chi connectivity index (χ2v) is 6.43. The zero-order chi connectivity index (χ0) is 17.8. The van der Waals surface area contributed by atoms with E-state index in [0.29, 0.717) is 42.5 Å². The SMILES string of the molecule is CCc1ccc(C(=O)N2CCN(C(=O)c3ccc(Cl)cn3)CC2)cc1. The predicted octanol–water partition coefficient (Wildman–Crippen LogP) is 2.90. The molecule has 1 aliphatic heterocycles. The van der Waals surface area contributed by atoms with Gasteiger partial charge in [-0.3, -0.25) is 9.59 Å². The summed E-state index contributed by atoms with van der Waals surface area (Å²) in [7, 11) is 0. The molecule has 0 bridgehead atoms. The molecule has 1 aliphatic rings. The maximum atomic E-state index is 12.6. The van der Waals surface area contributed by atoms with Crippen LogP contribution < -0.4 is 0 Å². The molecule has 0 spiro atoms. The third-order valence-corrected chi connectivity index (χ3v) is 4.63. The molecule has 2 aromatic rings. The van der Waals surface area contributed by atoms with Crippen molar-refractivity contribution in [2.24, 2.45) is 0 Å². The van der Waals surface area contributed by atoms with Crippen molar-refractivity contribution in [1.82, 2.24) is 14.8 Å². The van der Waals surface area contributed by atoms with Gasteiger partial charge in [0.15, 0.2) is 0 Å². The number of carbonyl (C=O) groups is 2. The van der Waals surface area contributed by atoms with Crippen molar-refractivity contribution >= 4 is 23.4 Å². The summed E-state index contributed by atoms with van der Waals surface area (Å²) in [6.45, 7) is 4.13. The van der Waals surface area contributed by atoms with E-state index in [-0.39, 0.29) is 11.8 Å². The zero-order valence-electron chi connectivity index (χ0n) is 14.1. The molecule has 25 heavy (non-hydrogen) atoms. The van der Waals surface area contributed by atoms with Crippen LogP contribution in [0.3, 0.4) is 0 Å². The minimum atomic E-state index is -0.129. The number of benzene rings is 1. The highest BCUT2D eigenvalue weighted by Gasteiger charge is 2.26. The van der Waals surface area contributed by atoms with E-state index in [1.165, 1.54) is 11.8 Å². The Morgan fingerprint density at radius 1 is 0.960 bits per heavy atom. The Balaban J connectivity index is 1.60. The van der Waals surface area contributed by atoms with Gasteiger partial charge in [-0.2, -0.15) is 0 Å². The average molecular weight is 358 g/mol. The fourth-order valence-corrected chi connectivity index (χ4v) is 2.95. The van der Waals surface area contributed by atoms with Crippen molar-refractivity contribution in [2.45, 2.75) is 13.3 Å². The molecule has 0 atom stereocenters. The van der Waals surface area contributed by atoms with Crippen molar-refractivity contribution in [3.05, 3.63) is 64.4 Å². The van der Waals surface area contributed by atoms with Gasteiger partial charge >= 0.3 is 0 Å². The lowest BCUT2D eigenvalue weighted by atomic mass is 10.1. The van der Waals surface area contributed by atoms with Crippen LogP contribution in [0.4, 0.5) is 0 Å². The number of amides is 2. The third kappa shape index (κ3) is 3.99. The fourth-order valence-electron chi connectivity index (χ4n) is 2.84. The number of hydrogen-bond donors (Lipinski definition) is 0. The van der Waals surface area contributed by atoms with Crippen LogP contribution in [0.2, 0.25) is 5.02 Å². The van der Waals surface area contributed by atoms with Gasteiger partial charge in [-0.1, -0.05) is 30.7 Å². The lowest BCUT2D eigenvalue weighted by Gasteiger charge is -2.34. The second-order valence-electron chi connectivity index (χ2n) is 6.00. The van der Waals surface area contributed by atoms with E-state index in [0.717, 1.165) is 6.42 Å². The van der Waals surface area contributed by atoms with Crippen molar-refractivity contribution in [2.75, 3.05) is 26.2 Å².